The number of hydrogen-bond acceptors (Lipinski definition) is 5. The quantitative estimate of drug-likeness (QED) is 0.630. The van der Waals surface area contributed by atoms with Crippen LogP contribution in [-0.4, -0.2) is 27.1 Å². The number of fused-ring (bicyclic) bond motifs is 2. The van der Waals surface area contributed by atoms with Gasteiger partial charge >= 0.3 is 0 Å². The normalized spacial score (nSPS) is 25.1. The average molecular weight is 421 g/mol. The summed E-state index contributed by atoms with van der Waals surface area (Å²) in [4.78, 5) is 21.1. The molecule has 6 nitrogen and oxygen atoms in total. The molecule has 2 heterocycles. The van der Waals surface area contributed by atoms with E-state index in [9.17, 15) is 9.18 Å². The Kier molecular flexibility index (Phi) is 5.06. The first kappa shape index (κ1) is 19.9. The Bertz CT molecular complexity index is 1110. The van der Waals surface area contributed by atoms with Crippen LogP contribution in [0.25, 0.3) is 10.9 Å². The van der Waals surface area contributed by atoms with Gasteiger partial charge in [-0.25, -0.2) is 9.37 Å². The van der Waals surface area contributed by atoms with E-state index < -0.39 is 0 Å². The highest BCUT2D eigenvalue weighted by atomic mass is 19.1. The third-order valence-electron chi connectivity index (χ3n) is 6.67. The van der Waals surface area contributed by atoms with E-state index in [0.29, 0.717) is 45.8 Å². The second-order valence-electron chi connectivity index (χ2n) is 8.57. The number of benzene rings is 1. The maximum absolute atomic E-state index is 13.7. The monoisotopic (exact) mass is 421 g/mol. The van der Waals surface area contributed by atoms with Gasteiger partial charge in [0.2, 0.25) is 5.91 Å². The summed E-state index contributed by atoms with van der Waals surface area (Å²) < 4.78 is 19.9. The highest BCUT2D eigenvalue weighted by molar-refractivity contribution is 5.92. The molecule has 0 saturated heterocycles. The molecule has 0 aliphatic heterocycles. The summed E-state index contributed by atoms with van der Waals surface area (Å²) in [6.45, 7) is 1.89. The molecular formula is C24H24FN3O3. The number of hydrogen-bond donors (Lipinski definition) is 2. The Morgan fingerprint density at radius 2 is 2.03 bits per heavy atom. The Morgan fingerprint density at radius 3 is 2.74 bits per heavy atom. The lowest BCUT2D eigenvalue weighted by molar-refractivity contribution is -0.120. The standard InChI is InChI=1S/C24H24FN3O3/c1-13(24(30)28-22-5-2-14(12-29)11-27-22)23-17-9-16(10-18(17)23)31-21-6-7-26-20-4-3-15(25)8-19(20)21/h2-8,11,13,16-18,23,29H,9-10,12H2,1H3,(H,27,28,30)/t13?,16-,17-,18+,23+. The number of pyridine rings is 2. The summed E-state index contributed by atoms with van der Waals surface area (Å²) in [6, 6.07) is 9.76. The summed E-state index contributed by atoms with van der Waals surface area (Å²) in [5.41, 5.74) is 1.42. The molecule has 1 amide bonds. The molecule has 1 unspecified atom stereocenters. The molecule has 0 radical (unpaired) electrons. The van der Waals surface area contributed by atoms with Crippen molar-refractivity contribution in [3.63, 3.8) is 0 Å². The van der Waals surface area contributed by atoms with Gasteiger partial charge in [0, 0.05) is 23.7 Å². The van der Waals surface area contributed by atoms with Gasteiger partial charge in [-0.2, -0.15) is 0 Å². The van der Waals surface area contributed by atoms with Gasteiger partial charge in [-0.3, -0.25) is 9.78 Å². The molecule has 2 aromatic heterocycles. The number of ether oxygens (including phenoxy) is 1. The lowest BCUT2D eigenvalue weighted by Gasteiger charge is -2.20. The summed E-state index contributed by atoms with van der Waals surface area (Å²) >= 11 is 0. The molecule has 2 N–H and O–H groups in total. The first-order valence-electron chi connectivity index (χ1n) is 10.6. The average Bonchev–Trinajstić information content (AvgIpc) is 3.28. The van der Waals surface area contributed by atoms with Crippen LogP contribution in [0, 0.1) is 29.5 Å². The predicted octanol–water partition coefficient (Wildman–Crippen LogP) is 3.94. The van der Waals surface area contributed by atoms with E-state index in [1.807, 2.05) is 6.92 Å². The number of aliphatic hydroxyl groups is 1. The van der Waals surface area contributed by atoms with E-state index >= 15 is 0 Å². The zero-order valence-corrected chi connectivity index (χ0v) is 17.2. The lowest BCUT2D eigenvalue weighted by atomic mass is 9.97. The summed E-state index contributed by atoms with van der Waals surface area (Å²) in [6.07, 6.45) is 5.11. The molecule has 5 atom stereocenters. The van der Waals surface area contributed by atoms with Crippen LogP contribution >= 0.6 is 0 Å². The molecular weight excluding hydrogens is 397 g/mol. The van der Waals surface area contributed by atoms with Crippen LogP contribution in [-0.2, 0) is 11.4 Å². The fourth-order valence-corrected chi connectivity index (χ4v) is 5.06. The van der Waals surface area contributed by atoms with E-state index in [0.717, 1.165) is 12.8 Å². The minimum Gasteiger partial charge on any atom is -0.490 e. The topological polar surface area (TPSA) is 84.3 Å². The van der Waals surface area contributed by atoms with Crippen LogP contribution in [0.1, 0.15) is 25.3 Å². The third-order valence-corrected chi connectivity index (χ3v) is 6.67. The van der Waals surface area contributed by atoms with Crippen LogP contribution in [0.5, 0.6) is 5.75 Å². The van der Waals surface area contributed by atoms with Crippen molar-refractivity contribution in [3.05, 3.63) is 60.2 Å². The highest BCUT2D eigenvalue weighted by Gasteiger charge is 2.59. The third kappa shape index (κ3) is 3.85. The van der Waals surface area contributed by atoms with Crippen LogP contribution < -0.4 is 10.1 Å². The van der Waals surface area contributed by atoms with E-state index in [2.05, 4.69) is 15.3 Å². The molecule has 3 aromatic rings. The Labute approximate surface area is 179 Å². The number of amides is 1. The molecule has 2 fully saturated rings. The second-order valence-corrected chi connectivity index (χ2v) is 8.57. The SMILES string of the molecule is CC(C(=O)Nc1ccc(CO)cn1)[C@H]1[C@@H]2C[C@@H](Oc3ccnc4ccc(F)cc34)C[C@@H]21. The number of aliphatic hydroxyl groups excluding tert-OH is 1. The number of halogens is 1. The van der Waals surface area contributed by atoms with E-state index in [1.165, 1.54) is 12.1 Å². The van der Waals surface area contributed by atoms with Crippen molar-refractivity contribution >= 4 is 22.6 Å². The molecule has 0 spiro atoms. The molecule has 1 aromatic carbocycles. The van der Waals surface area contributed by atoms with Crippen LogP contribution in [0.15, 0.2) is 48.8 Å². The fraction of sp³-hybridized carbons (Fsp3) is 0.375. The van der Waals surface area contributed by atoms with Gasteiger partial charge in [0.15, 0.2) is 0 Å². The number of aromatic nitrogens is 2. The molecule has 2 saturated carbocycles. The van der Waals surface area contributed by atoms with Crippen LogP contribution in [0.3, 0.4) is 0 Å². The van der Waals surface area contributed by atoms with Crippen molar-refractivity contribution < 1.29 is 19.0 Å². The zero-order chi connectivity index (χ0) is 21.5. The molecule has 7 heteroatoms. The first-order chi connectivity index (χ1) is 15.0. The number of carbonyl (C=O) groups excluding carboxylic acids is 1. The number of nitrogens with zero attached hydrogens (tertiary/aromatic N) is 2. The molecule has 160 valence electrons. The minimum atomic E-state index is -0.306. The van der Waals surface area contributed by atoms with Crippen molar-refractivity contribution in [1.82, 2.24) is 9.97 Å². The molecule has 31 heavy (non-hydrogen) atoms. The second kappa shape index (κ2) is 7.89. The van der Waals surface area contributed by atoms with Gasteiger partial charge in [-0.15, -0.1) is 0 Å². The summed E-state index contributed by atoms with van der Waals surface area (Å²) in [5, 5.41) is 12.7. The lowest BCUT2D eigenvalue weighted by Crippen LogP contribution is -2.26. The van der Waals surface area contributed by atoms with Crippen molar-refractivity contribution in [1.29, 1.82) is 0 Å². The number of rotatable bonds is 6. The molecule has 2 aliphatic rings. The first-order valence-corrected chi connectivity index (χ1v) is 10.6. The number of carbonyl (C=O) groups is 1. The largest absolute Gasteiger partial charge is 0.490 e. The Morgan fingerprint density at radius 1 is 1.23 bits per heavy atom. The molecule has 0 bridgehead atoms. The number of nitrogens with one attached hydrogen (secondary N) is 1. The Balaban J connectivity index is 1.18. The fourth-order valence-electron chi connectivity index (χ4n) is 5.06. The van der Waals surface area contributed by atoms with Gasteiger partial charge in [-0.1, -0.05) is 13.0 Å². The maximum atomic E-state index is 13.7. The van der Waals surface area contributed by atoms with Crippen molar-refractivity contribution in [2.24, 2.45) is 23.7 Å². The summed E-state index contributed by atoms with van der Waals surface area (Å²) in [5.74, 6) is 2.01. The van der Waals surface area contributed by atoms with Gasteiger partial charge in [0.1, 0.15) is 17.4 Å². The summed E-state index contributed by atoms with van der Waals surface area (Å²) in [7, 11) is 0. The zero-order valence-electron chi connectivity index (χ0n) is 17.2. The van der Waals surface area contributed by atoms with E-state index in [1.54, 1.807) is 36.7 Å². The van der Waals surface area contributed by atoms with Crippen LogP contribution in [0.2, 0.25) is 0 Å². The predicted molar refractivity (Wildman–Crippen MR) is 114 cm³/mol. The smallest absolute Gasteiger partial charge is 0.228 e. The Hall–Kier alpha value is -3.06. The molecule has 2 aliphatic carbocycles. The van der Waals surface area contributed by atoms with E-state index in [4.69, 9.17) is 9.84 Å². The molecule has 5 rings (SSSR count). The highest BCUT2D eigenvalue weighted by Crippen LogP contribution is 2.61. The van der Waals surface area contributed by atoms with Crippen molar-refractivity contribution in [3.8, 4) is 5.75 Å². The van der Waals surface area contributed by atoms with Gasteiger partial charge in [0.05, 0.1) is 18.2 Å². The van der Waals surface area contributed by atoms with Gasteiger partial charge < -0.3 is 15.2 Å². The van der Waals surface area contributed by atoms with Crippen molar-refractivity contribution in [2.45, 2.75) is 32.5 Å². The van der Waals surface area contributed by atoms with Gasteiger partial charge in [-0.05, 0) is 66.5 Å². The van der Waals surface area contributed by atoms with Crippen LogP contribution in [0.4, 0.5) is 10.2 Å². The van der Waals surface area contributed by atoms with Gasteiger partial charge in [0.25, 0.3) is 0 Å². The number of anilines is 1. The minimum absolute atomic E-state index is 0.0308. The van der Waals surface area contributed by atoms with E-state index in [-0.39, 0.29) is 30.4 Å². The van der Waals surface area contributed by atoms with Crippen molar-refractivity contribution in [2.75, 3.05) is 5.32 Å². The maximum Gasteiger partial charge on any atom is 0.228 e.